The van der Waals surface area contributed by atoms with Crippen LogP contribution in [0.4, 0.5) is 4.79 Å². The summed E-state index contributed by atoms with van der Waals surface area (Å²) in [6, 6.07) is 0.153. The Morgan fingerprint density at radius 1 is 1.57 bits per heavy atom. The van der Waals surface area contributed by atoms with E-state index in [1.165, 1.54) is 7.11 Å². The molecule has 4 nitrogen and oxygen atoms in total. The molecule has 0 saturated carbocycles. The van der Waals surface area contributed by atoms with Gasteiger partial charge in [-0.25, -0.2) is 4.79 Å². The summed E-state index contributed by atoms with van der Waals surface area (Å²) in [5.74, 6) is 0.414. The maximum absolute atomic E-state index is 11.4. The molecule has 2 unspecified atom stereocenters. The van der Waals surface area contributed by atoms with Gasteiger partial charge in [0.1, 0.15) is 0 Å². The third-order valence-electron chi connectivity index (χ3n) is 2.88. The molecule has 1 saturated heterocycles. The van der Waals surface area contributed by atoms with Crippen molar-refractivity contribution in [3.8, 4) is 0 Å². The van der Waals surface area contributed by atoms with Gasteiger partial charge in [-0.05, 0) is 25.7 Å². The fraction of sp³-hybridized carbons (Fsp3) is 0.900. The zero-order chi connectivity index (χ0) is 10.6. The maximum atomic E-state index is 11.4. The van der Waals surface area contributed by atoms with E-state index in [4.69, 9.17) is 10.5 Å². The second-order valence-electron chi connectivity index (χ2n) is 4.03. The van der Waals surface area contributed by atoms with Gasteiger partial charge in [0.15, 0.2) is 0 Å². The molecule has 0 bridgehead atoms. The van der Waals surface area contributed by atoms with Gasteiger partial charge in [0.05, 0.1) is 7.11 Å². The minimum absolute atomic E-state index is 0.153. The zero-order valence-electron chi connectivity index (χ0n) is 9.03. The Bertz CT molecular complexity index is 195. The first kappa shape index (κ1) is 11.3. The normalized spacial score (nSPS) is 25.4. The third-order valence-corrected chi connectivity index (χ3v) is 2.88. The number of rotatable bonds is 1. The van der Waals surface area contributed by atoms with Crippen LogP contribution in [0.1, 0.15) is 26.2 Å². The Kier molecular flexibility index (Phi) is 4.20. The van der Waals surface area contributed by atoms with E-state index in [9.17, 15) is 4.79 Å². The molecule has 0 aromatic heterocycles. The summed E-state index contributed by atoms with van der Waals surface area (Å²) in [7, 11) is 1.42. The summed E-state index contributed by atoms with van der Waals surface area (Å²) in [6.07, 6.45) is 3.10. The van der Waals surface area contributed by atoms with Crippen LogP contribution in [0.25, 0.3) is 0 Å². The highest BCUT2D eigenvalue weighted by Gasteiger charge is 2.24. The number of nitrogens with two attached hydrogens (primary N) is 1. The first-order valence-corrected chi connectivity index (χ1v) is 5.23. The van der Waals surface area contributed by atoms with Crippen molar-refractivity contribution in [1.82, 2.24) is 4.90 Å². The molecule has 82 valence electrons. The van der Waals surface area contributed by atoms with E-state index in [0.717, 1.165) is 32.4 Å². The standard InChI is InChI=1S/C10H20N2O2/c1-8(11)9-5-3-4-6-12(7-9)10(13)14-2/h8-9H,3-7,11H2,1-2H3. The summed E-state index contributed by atoms with van der Waals surface area (Å²) in [4.78, 5) is 13.1. The van der Waals surface area contributed by atoms with Crippen molar-refractivity contribution in [2.24, 2.45) is 11.7 Å². The lowest BCUT2D eigenvalue weighted by atomic mass is 9.97. The van der Waals surface area contributed by atoms with Crippen LogP contribution in [0, 0.1) is 5.92 Å². The van der Waals surface area contributed by atoms with E-state index >= 15 is 0 Å². The smallest absolute Gasteiger partial charge is 0.409 e. The number of nitrogens with zero attached hydrogens (tertiary/aromatic N) is 1. The molecule has 0 aromatic rings. The number of amides is 1. The second-order valence-corrected chi connectivity index (χ2v) is 4.03. The molecular formula is C10H20N2O2. The third kappa shape index (κ3) is 2.87. The molecule has 1 fully saturated rings. The number of ether oxygens (including phenoxy) is 1. The fourth-order valence-corrected chi connectivity index (χ4v) is 1.90. The van der Waals surface area contributed by atoms with Gasteiger partial charge in [0.25, 0.3) is 0 Å². The molecule has 1 heterocycles. The van der Waals surface area contributed by atoms with Crippen LogP contribution >= 0.6 is 0 Å². The lowest BCUT2D eigenvalue weighted by molar-refractivity contribution is 0.118. The van der Waals surface area contributed by atoms with Gasteiger partial charge < -0.3 is 15.4 Å². The van der Waals surface area contributed by atoms with E-state index in [1.807, 2.05) is 6.92 Å². The van der Waals surface area contributed by atoms with Crippen molar-refractivity contribution in [2.45, 2.75) is 32.2 Å². The molecule has 2 atom stereocenters. The van der Waals surface area contributed by atoms with Crippen LogP contribution in [-0.2, 0) is 4.74 Å². The van der Waals surface area contributed by atoms with E-state index in [1.54, 1.807) is 4.90 Å². The Morgan fingerprint density at radius 2 is 2.29 bits per heavy atom. The Balaban J connectivity index is 2.55. The maximum Gasteiger partial charge on any atom is 0.409 e. The number of hydrogen-bond acceptors (Lipinski definition) is 3. The van der Waals surface area contributed by atoms with Crippen LogP contribution in [0.5, 0.6) is 0 Å². The highest BCUT2D eigenvalue weighted by atomic mass is 16.5. The van der Waals surface area contributed by atoms with Gasteiger partial charge >= 0.3 is 6.09 Å². The van der Waals surface area contributed by atoms with Crippen LogP contribution in [-0.4, -0.2) is 37.2 Å². The van der Waals surface area contributed by atoms with Gasteiger partial charge in [-0.15, -0.1) is 0 Å². The van der Waals surface area contributed by atoms with Crippen LogP contribution < -0.4 is 5.73 Å². The molecule has 2 N–H and O–H groups in total. The number of likely N-dealkylation sites (tertiary alicyclic amines) is 1. The largest absolute Gasteiger partial charge is 0.453 e. The average Bonchev–Trinajstić information content (AvgIpc) is 2.41. The molecule has 4 heteroatoms. The van der Waals surface area contributed by atoms with E-state index < -0.39 is 0 Å². The zero-order valence-corrected chi connectivity index (χ0v) is 9.03. The number of methoxy groups -OCH3 is 1. The molecule has 0 radical (unpaired) electrons. The van der Waals surface area contributed by atoms with Gasteiger partial charge in [0.2, 0.25) is 0 Å². The molecule has 0 spiro atoms. The van der Waals surface area contributed by atoms with Crippen molar-refractivity contribution >= 4 is 6.09 Å². The lowest BCUT2D eigenvalue weighted by Gasteiger charge is -2.25. The minimum atomic E-state index is -0.224. The molecule has 1 rings (SSSR count). The molecule has 0 aromatic carbocycles. The summed E-state index contributed by atoms with van der Waals surface area (Å²) in [5, 5.41) is 0. The summed E-state index contributed by atoms with van der Waals surface area (Å²) < 4.78 is 4.72. The predicted octanol–water partition coefficient (Wildman–Crippen LogP) is 1.20. The highest BCUT2D eigenvalue weighted by molar-refractivity contribution is 5.67. The van der Waals surface area contributed by atoms with Crippen LogP contribution in [0.3, 0.4) is 0 Å². The number of carbonyl (C=O) groups excluding carboxylic acids is 1. The van der Waals surface area contributed by atoms with Crippen LogP contribution in [0.2, 0.25) is 0 Å². The highest BCUT2D eigenvalue weighted by Crippen LogP contribution is 2.18. The Hall–Kier alpha value is -0.770. The first-order valence-electron chi connectivity index (χ1n) is 5.23. The van der Waals surface area contributed by atoms with Gasteiger partial charge in [-0.1, -0.05) is 6.42 Å². The average molecular weight is 200 g/mol. The Morgan fingerprint density at radius 3 is 2.86 bits per heavy atom. The molecule has 1 aliphatic rings. The van der Waals surface area contributed by atoms with E-state index in [-0.39, 0.29) is 12.1 Å². The topological polar surface area (TPSA) is 55.6 Å². The van der Waals surface area contributed by atoms with Crippen LogP contribution in [0.15, 0.2) is 0 Å². The fourth-order valence-electron chi connectivity index (χ4n) is 1.90. The van der Waals surface area contributed by atoms with Gasteiger partial charge in [0, 0.05) is 19.1 Å². The molecule has 1 amide bonds. The second kappa shape index (κ2) is 5.20. The minimum Gasteiger partial charge on any atom is -0.453 e. The quantitative estimate of drug-likeness (QED) is 0.692. The molecule has 14 heavy (non-hydrogen) atoms. The summed E-state index contributed by atoms with van der Waals surface area (Å²) >= 11 is 0. The number of hydrogen-bond donors (Lipinski definition) is 1. The summed E-state index contributed by atoms with van der Waals surface area (Å²) in [5.41, 5.74) is 5.86. The molecule has 0 aliphatic carbocycles. The van der Waals surface area contributed by atoms with Crippen molar-refractivity contribution in [2.75, 3.05) is 20.2 Å². The summed E-state index contributed by atoms with van der Waals surface area (Å²) in [6.45, 7) is 3.55. The van der Waals surface area contributed by atoms with Crippen molar-refractivity contribution < 1.29 is 9.53 Å². The predicted molar refractivity (Wildman–Crippen MR) is 55.0 cm³/mol. The Labute approximate surface area is 85.4 Å². The van der Waals surface area contributed by atoms with Crippen molar-refractivity contribution in [3.63, 3.8) is 0 Å². The molecular weight excluding hydrogens is 180 g/mol. The van der Waals surface area contributed by atoms with E-state index in [0.29, 0.717) is 5.92 Å². The monoisotopic (exact) mass is 200 g/mol. The van der Waals surface area contributed by atoms with E-state index in [2.05, 4.69) is 0 Å². The first-order chi connectivity index (χ1) is 6.65. The SMILES string of the molecule is COC(=O)N1CCCCC(C(C)N)C1. The number of carbonyl (C=O) groups is 1. The molecule has 1 aliphatic heterocycles. The lowest BCUT2D eigenvalue weighted by Crippen LogP contribution is -2.39. The van der Waals surface area contributed by atoms with Gasteiger partial charge in [-0.3, -0.25) is 0 Å². The van der Waals surface area contributed by atoms with Gasteiger partial charge in [-0.2, -0.15) is 0 Å². The van der Waals surface area contributed by atoms with Crippen molar-refractivity contribution in [3.05, 3.63) is 0 Å². The van der Waals surface area contributed by atoms with Crippen molar-refractivity contribution in [1.29, 1.82) is 0 Å².